The SMILES string of the molecule is COc1cc2nc(-c3ccc(CC(=O)Nc4cc(C5(C(F)(F)F)CC5)on4)c(F)c3)cnc2cc1OC1CN(C(=O)OC(C)(C)C)C1. The Hall–Kier alpha value is -4.95. The molecule has 1 saturated heterocycles. The predicted octanol–water partition coefficient (Wildman–Crippen LogP) is 6.21. The first-order valence-electron chi connectivity index (χ1n) is 14.8. The number of nitrogens with one attached hydrogen (secondary N) is 1. The molecule has 0 bridgehead atoms. The second-order valence-electron chi connectivity index (χ2n) is 12.6. The van der Waals surface area contributed by atoms with Crippen molar-refractivity contribution in [3.63, 3.8) is 0 Å². The second-order valence-corrected chi connectivity index (χ2v) is 12.6. The zero-order valence-electron chi connectivity index (χ0n) is 25.9. The van der Waals surface area contributed by atoms with Gasteiger partial charge in [-0.15, -0.1) is 0 Å². The van der Waals surface area contributed by atoms with Crippen molar-refractivity contribution in [3.8, 4) is 22.8 Å². The maximum absolute atomic E-state index is 15.1. The molecule has 1 aliphatic heterocycles. The standard InChI is InChI=1S/C32H31F4N5O6/c1-30(2,3)46-29(43)41-15-19(16-41)45-25-11-21-22(12-24(25)44-4)38-23(14-37-21)18-6-5-17(20(33)9-18)10-28(42)39-27-13-26(47-40-27)31(7-8-31)32(34,35)36/h5-6,9,11-14,19H,7-8,10,15-16H2,1-4H3,(H,39,40,42). The van der Waals surface area contributed by atoms with E-state index in [1.54, 1.807) is 43.9 Å². The lowest BCUT2D eigenvalue weighted by molar-refractivity contribution is -0.165. The summed E-state index contributed by atoms with van der Waals surface area (Å²) in [5, 5.41) is 5.89. The summed E-state index contributed by atoms with van der Waals surface area (Å²) in [6, 6.07) is 8.59. The first kappa shape index (κ1) is 32.0. The van der Waals surface area contributed by atoms with Gasteiger partial charge in [-0.2, -0.15) is 13.2 Å². The van der Waals surface area contributed by atoms with Crippen LogP contribution in [0.4, 0.5) is 28.2 Å². The molecule has 1 N–H and O–H groups in total. The van der Waals surface area contributed by atoms with Crippen LogP contribution in [0.15, 0.2) is 47.1 Å². The lowest BCUT2D eigenvalue weighted by Crippen LogP contribution is -2.57. The summed E-state index contributed by atoms with van der Waals surface area (Å²) in [6.07, 6.45) is -4.29. The van der Waals surface area contributed by atoms with E-state index in [4.69, 9.17) is 18.7 Å². The minimum absolute atomic E-state index is 0.0577. The number of alkyl halides is 3. The molecule has 3 heterocycles. The molecule has 0 atom stereocenters. The Labute approximate surface area is 266 Å². The van der Waals surface area contributed by atoms with Crippen molar-refractivity contribution in [2.75, 3.05) is 25.5 Å². The second kappa shape index (κ2) is 11.7. The number of anilines is 1. The summed E-state index contributed by atoms with van der Waals surface area (Å²) in [6.45, 7) is 6.11. The normalized spacial score (nSPS) is 16.0. The minimum atomic E-state index is -4.48. The van der Waals surface area contributed by atoms with E-state index in [-0.39, 0.29) is 36.1 Å². The summed E-state index contributed by atoms with van der Waals surface area (Å²) >= 11 is 0. The van der Waals surface area contributed by atoms with E-state index in [2.05, 4.69) is 20.4 Å². The predicted molar refractivity (Wildman–Crippen MR) is 160 cm³/mol. The zero-order valence-corrected chi connectivity index (χ0v) is 25.9. The Kier molecular flexibility index (Phi) is 7.96. The van der Waals surface area contributed by atoms with Gasteiger partial charge >= 0.3 is 12.3 Å². The molecule has 11 nitrogen and oxygen atoms in total. The lowest BCUT2D eigenvalue weighted by Gasteiger charge is -2.39. The topological polar surface area (TPSA) is 129 Å². The number of rotatable bonds is 8. The molecular weight excluding hydrogens is 626 g/mol. The number of hydrogen-bond donors (Lipinski definition) is 1. The van der Waals surface area contributed by atoms with Gasteiger partial charge in [-0.25, -0.2) is 14.2 Å². The van der Waals surface area contributed by atoms with Crippen LogP contribution >= 0.6 is 0 Å². The first-order chi connectivity index (χ1) is 22.1. The Balaban J connectivity index is 1.10. The summed E-state index contributed by atoms with van der Waals surface area (Å²) in [5.74, 6) is -1.07. The third kappa shape index (κ3) is 6.65. The molecule has 4 aromatic rings. The number of likely N-dealkylation sites (tertiary alicyclic amines) is 1. The number of aromatic nitrogens is 3. The highest BCUT2D eigenvalue weighted by Crippen LogP contribution is 2.59. The largest absolute Gasteiger partial charge is 0.493 e. The van der Waals surface area contributed by atoms with Crippen LogP contribution in [0.3, 0.4) is 0 Å². The molecule has 1 aliphatic carbocycles. The van der Waals surface area contributed by atoms with Crippen LogP contribution in [-0.2, 0) is 21.4 Å². The Morgan fingerprint density at radius 2 is 1.79 bits per heavy atom. The number of ether oxygens (including phenoxy) is 3. The van der Waals surface area contributed by atoms with Gasteiger partial charge in [-0.05, 0) is 45.2 Å². The molecule has 248 valence electrons. The van der Waals surface area contributed by atoms with Crippen LogP contribution < -0.4 is 14.8 Å². The van der Waals surface area contributed by atoms with E-state index in [0.29, 0.717) is 46.9 Å². The number of benzene rings is 2. The van der Waals surface area contributed by atoms with Crippen molar-refractivity contribution in [1.82, 2.24) is 20.0 Å². The van der Waals surface area contributed by atoms with Crippen molar-refractivity contribution in [2.24, 2.45) is 0 Å². The zero-order chi connectivity index (χ0) is 33.7. The number of fused-ring (bicyclic) bond motifs is 1. The van der Waals surface area contributed by atoms with Crippen LogP contribution in [0, 0.1) is 5.82 Å². The van der Waals surface area contributed by atoms with Gasteiger partial charge in [0.15, 0.2) is 23.1 Å². The Morgan fingerprint density at radius 3 is 2.43 bits per heavy atom. The lowest BCUT2D eigenvalue weighted by atomic mass is 10.0. The van der Waals surface area contributed by atoms with Crippen molar-refractivity contribution in [2.45, 2.75) is 63.3 Å². The van der Waals surface area contributed by atoms with E-state index in [9.17, 15) is 22.8 Å². The van der Waals surface area contributed by atoms with Crippen LogP contribution in [-0.4, -0.2) is 70.1 Å². The van der Waals surface area contributed by atoms with Crippen LogP contribution in [0.2, 0.25) is 0 Å². The van der Waals surface area contributed by atoms with Gasteiger partial charge in [0.25, 0.3) is 0 Å². The quantitative estimate of drug-likeness (QED) is 0.220. The summed E-state index contributed by atoms with van der Waals surface area (Å²) < 4.78 is 76.9. The number of carbonyl (C=O) groups excluding carboxylic acids is 2. The molecule has 2 aromatic carbocycles. The van der Waals surface area contributed by atoms with Gasteiger partial charge < -0.3 is 29.0 Å². The molecule has 2 fully saturated rings. The molecule has 1 saturated carbocycles. The van der Waals surface area contributed by atoms with Crippen molar-refractivity contribution >= 4 is 28.9 Å². The minimum Gasteiger partial charge on any atom is -0.493 e. The monoisotopic (exact) mass is 657 g/mol. The number of hydrogen-bond acceptors (Lipinski definition) is 9. The smallest absolute Gasteiger partial charge is 0.410 e. The number of amides is 2. The molecule has 0 spiro atoms. The van der Waals surface area contributed by atoms with E-state index < -0.39 is 41.4 Å². The first-order valence-corrected chi connectivity index (χ1v) is 14.8. The fourth-order valence-corrected chi connectivity index (χ4v) is 5.14. The summed E-state index contributed by atoms with van der Waals surface area (Å²) in [4.78, 5) is 35.4. The Bertz CT molecular complexity index is 1840. The highest BCUT2D eigenvalue weighted by Gasteiger charge is 2.67. The van der Waals surface area contributed by atoms with Gasteiger partial charge in [0.05, 0.1) is 49.5 Å². The van der Waals surface area contributed by atoms with E-state index in [1.165, 1.54) is 25.4 Å². The fraction of sp³-hybridized carbons (Fsp3) is 0.406. The molecule has 0 radical (unpaired) electrons. The van der Waals surface area contributed by atoms with E-state index in [0.717, 1.165) is 6.07 Å². The molecule has 47 heavy (non-hydrogen) atoms. The van der Waals surface area contributed by atoms with Gasteiger partial charge in [0.2, 0.25) is 5.91 Å². The third-order valence-corrected chi connectivity index (χ3v) is 7.86. The van der Waals surface area contributed by atoms with Gasteiger partial charge in [-0.3, -0.25) is 9.78 Å². The number of nitrogens with zero attached hydrogens (tertiary/aromatic N) is 4. The average molecular weight is 658 g/mol. The fourth-order valence-electron chi connectivity index (χ4n) is 5.14. The maximum Gasteiger partial charge on any atom is 0.410 e. The van der Waals surface area contributed by atoms with Crippen LogP contribution in [0.5, 0.6) is 11.5 Å². The molecule has 2 aliphatic rings. The Morgan fingerprint density at radius 1 is 1.06 bits per heavy atom. The van der Waals surface area contributed by atoms with E-state index >= 15 is 4.39 Å². The van der Waals surface area contributed by atoms with Gasteiger partial charge in [0.1, 0.15) is 22.9 Å². The molecule has 2 aromatic heterocycles. The van der Waals surface area contributed by atoms with E-state index in [1.807, 2.05) is 0 Å². The molecule has 15 heteroatoms. The average Bonchev–Trinajstić information content (AvgIpc) is 3.67. The van der Waals surface area contributed by atoms with Crippen molar-refractivity contribution in [3.05, 3.63) is 59.7 Å². The summed E-state index contributed by atoms with van der Waals surface area (Å²) in [7, 11) is 1.48. The molecule has 2 amide bonds. The highest BCUT2D eigenvalue weighted by molar-refractivity contribution is 5.91. The molecule has 0 unspecified atom stereocenters. The molecular formula is C32H31F4N5O6. The van der Waals surface area contributed by atoms with Crippen molar-refractivity contribution < 1.29 is 45.9 Å². The number of carbonyl (C=O) groups is 2. The third-order valence-electron chi connectivity index (χ3n) is 7.86. The van der Waals surface area contributed by atoms with Crippen molar-refractivity contribution in [1.29, 1.82) is 0 Å². The van der Waals surface area contributed by atoms with Gasteiger partial charge in [-0.1, -0.05) is 17.3 Å². The maximum atomic E-state index is 15.1. The van der Waals surface area contributed by atoms with Gasteiger partial charge in [0, 0.05) is 23.8 Å². The highest BCUT2D eigenvalue weighted by atomic mass is 19.4. The number of halogens is 4. The summed E-state index contributed by atoms with van der Waals surface area (Å²) in [5.41, 5.74) is -0.874. The number of methoxy groups -OCH3 is 1. The van der Waals surface area contributed by atoms with Crippen LogP contribution in [0.1, 0.15) is 44.9 Å². The molecule has 6 rings (SSSR count). The van der Waals surface area contributed by atoms with Crippen LogP contribution in [0.25, 0.3) is 22.3 Å².